The highest BCUT2D eigenvalue weighted by molar-refractivity contribution is 5.79. The van der Waals surface area contributed by atoms with Gasteiger partial charge in [-0.25, -0.2) is 4.98 Å². The van der Waals surface area contributed by atoms with Crippen LogP contribution in [0.3, 0.4) is 0 Å². The number of hydrogen-bond donors (Lipinski definition) is 0. The summed E-state index contributed by atoms with van der Waals surface area (Å²) in [4.78, 5) is 21.3. The molecule has 0 fully saturated rings. The average molecular weight is 305 g/mol. The zero-order chi connectivity index (χ0) is 16.1. The van der Waals surface area contributed by atoms with Crippen molar-refractivity contribution < 1.29 is 0 Å². The lowest BCUT2D eigenvalue weighted by atomic mass is 10.1. The highest BCUT2D eigenvalue weighted by Crippen LogP contribution is 2.19. The first-order valence-corrected chi connectivity index (χ1v) is 7.35. The van der Waals surface area contributed by atoms with Crippen LogP contribution in [0, 0.1) is 20.8 Å². The first-order valence-electron chi connectivity index (χ1n) is 7.35. The first kappa shape index (κ1) is 13.6. The number of rotatable bonds is 1. The number of nitrogens with zero attached hydrogens (tertiary/aromatic N) is 5. The number of aryl methyl sites for hydroxylation is 3. The maximum absolute atomic E-state index is 13.0. The maximum Gasteiger partial charge on any atom is 0.266 e. The fraction of sp³-hybridized carbons (Fsp3) is 0.176. The third-order valence-electron chi connectivity index (χ3n) is 4.07. The van der Waals surface area contributed by atoms with Gasteiger partial charge in [-0.05, 0) is 38.5 Å². The van der Waals surface area contributed by atoms with Crippen molar-refractivity contribution in [3.8, 4) is 5.69 Å². The summed E-state index contributed by atoms with van der Waals surface area (Å²) in [6.07, 6.45) is 3.01. The van der Waals surface area contributed by atoms with Crippen molar-refractivity contribution in [2.45, 2.75) is 20.8 Å². The summed E-state index contributed by atoms with van der Waals surface area (Å²) in [5.41, 5.74) is 4.58. The Morgan fingerprint density at radius 3 is 2.65 bits per heavy atom. The lowest BCUT2D eigenvalue weighted by Gasteiger charge is -2.14. The van der Waals surface area contributed by atoms with Gasteiger partial charge in [0, 0.05) is 11.9 Å². The highest BCUT2D eigenvalue weighted by Gasteiger charge is 2.13. The van der Waals surface area contributed by atoms with Gasteiger partial charge in [-0.1, -0.05) is 17.7 Å². The van der Waals surface area contributed by atoms with E-state index in [-0.39, 0.29) is 5.56 Å². The molecule has 0 saturated carbocycles. The predicted octanol–water partition coefficient (Wildman–Crippen LogP) is 2.35. The third kappa shape index (κ3) is 1.95. The minimum atomic E-state index is -0.100. The van der Waals surface area contributed by atoms with Gasteiger partial charge < -0.3 is 0 Å². The molecule has 0 bridgehead atoms. The quantitative estimate of drug-likeness (QED) is 0.541. The van der Waals surface area contributed by atoms with E-state index in [1.165, 1.54) is 11.9 Å². The SMILES string of the molecule is Cc1ccc(-n2c(C)cc3c(cnc4ncnn43)c2=O)c(C)c1. The second-order valence-corrected chi connectivity index (χ2v) is 5.75. The molecule has 23 heavy (non-hydrogen) atoms. The largest absolute Gasteiger partial charge is 0.281 e. The van der Waals surface area contributed by atoms with Crippen molar-refractivity contribution in [2.75, 3.05) is 0 Å². The molecule has 0 unspecified atom stereocenters. The van der Waals surface area contributed by atoms with Crippen LogP contribution in [0.15, 0.2) is 41.6 Å². The third-order valence-corrected chi connectivity index (χ3v) is 4.07. The monoisotopic (exact) mass is 305 g/mol. The zero-order valence-corrected chi connectivity index (χ0v) is 13.1. The molecule has 0 aliphatic rings. The summed E-state index contributed by atoms with van der Waals surface area (Å²) >= 11 is 0. The molecule has 0 aliphatic carbocycles. The van der Waals surface area contributed by atoms with E-state index < -0.39 is 0 Å². The normalized spacial score (nSPS) is 11.4. The number of benzene rings is 1. The Labute approximate surface area is 132 Å². The maximum atomic E-state index is 13.0. The smallest absolute Gasteiger partial charge is 0.266 e. The lowest BCUT2D eigenvalue weighted by molar-refractivity contribution is 0.919. The van der Waals surface area contributed by atoms with E-state index in [9.17, 15) is 4.79 Å². The minimum Gasteiger partial charge on any atom is -0.281 e. The highest BCUT2D eigenvalue weighted by atomic mass is 16.1. The van der Waals surface area contributed by atoms with Crippen LogP contribution in [-0.4, -0.2) is 24.1 Å². The summed E-state index contributed by atoms with van der Waals surface area (Å²) in [6, 6.07) is 8.01. The van der Waals surface area contributed by atoms with Crippen LogP contribution in [0.2, 0.25) is 0 Å². The summed E-state index contributed by atoms with van der Waals surface area (Å²) in [7, 11) is 0. The molecular weight excluding hydrogens is 290 g/mol. The molecule has 4 rings (SSSR count). The molecule has 0 aliphatic heterocycles. The van der Waals surface area contributed by atoms with Crippen molar-refractivity contribution in [1.82, 2.24) is 24.1 Å². The molecule has 6 nitrogen and oxygen atoms in total. The number of pyridine rings is 1. The van der Waals surface area contributed by atoms with Crippen LogP contribution >= 0.6 is 0 Å². The molecule has 6 heteroatoms. The van der Waals surface area contributed by atoms with Gasteiger partial charge in [-0.3, -0.25) is 9.36 Å². The fourth-order valence-electron chi connectivity index (χ4n) is 3.00. The predicted molar refractivity (Wildman–Crippen MR) is 88.1 cm³/mol. The van der Waals surface area contributed by atoms with E-state index in [1.807, 2.05) is 39.0 Å². The van der Waals surface area contributed by atoms with Crippen molar-refractivity contribution in [3.05, 3.63) is 64.0 Å². The van der Waals surface area contributed by atoms with Gasteiger partial charge in [0.15, 0.2) is 0 Å². The van der Waals surface area contributed by atoms with E-state index >= 15 is 0 Å². The molecular formula is C17H15N5O. The summed E-state index contributed by atoms with van der Waals surface area (Å²) in [5, 5.41) is 4.68. The summed E-state index contributed by atoms with van der Waals surface area (Å²) < 4.78 is 3.32. The molecule has 114 valence electrons. The Balaban J connectivity index is 2.12. The summed E-state index contributed by atoms with van der Waals surface area (Å²) in [6.45, 7) is 5.97. The Bertz CT molecular complexity index is 1120. The molecule has 0 radical (unpaired) electrons. The van der Waals surface area contributed by atoms with Crippen LogP contribution in [0.5, 0.6) is 0 Å². The molecule has 0 amide bonds. The number of aromatic nitrogens is 5. The Morgan fingerprint density at radius 1 is 1.04 bits per heavy atom. The van der Waals surface area contributed by atoms with Crippen LogP contribution in [0.4, 0.5) is 0 Å². The molecule has 0 atom stereocenters. The first-order chi connectivity index (χ1) is 11.1. The van der Waals surface area contributed by atoms with Crippen molar-refractivity contribution >= 4 is 16.7 Å². The van der Waals surface area contributed by atoms with Gasteiger partial charge in [0.25, 0.3) is 11.3 Å². The van der Waals surface area contributed by atoms with E-state index in [1.54, 1.807) is 15.3 Å². The second kappa shape index (κ2) is 4.74. The van der Waals surface area contributed by atoms with Gasteiger partial charge in [0.1, 0.15) is 6.33 Å². The molecule has 0 N–H and O–H groups in total. The molecule has 1 aromatic carbocycles. The van der Waals surface area contributed by atoms with Crippen LogP contribution in [0.25, 0.3) is 22.4 Å². The van der Waals surface area contributed by atoms with E-state index in [2.05, 4.69) is 21.1 Å². The second-order valence-electron chi connectivity index (χ2n) is 5.75. The van der Waals surface area contributed by atoms with Gasteiger partial charge >= 0.3 is 0 Å². The van der Waals surface area contributed by atoms with Gasteiger partial charge in [0.2, 0.25) is 0 Å². The molecule has 3 aromatic heterocycles. The van der Waals surface area contributed by atoms with Crippen molar-refractivity contribution in [2.24, 2.45) is 0 Å². The molecule has 0 spiro atoms. The Hall–Kier alpha value is -3.02. The summed E-state index contributed by atoms with van der Waals surface area (Å²) in [5.74, 6) is 0.487. The van der Waals surface area contributed by atoms with Crippen LogP contribution in [-0.2, 0) is 0 Å². The van der Waals surface area contributed by atoms with Crippen molar-refractivity contribution in [3.63, 3.8) is 0 Å². The van der Waals surface area contributed by atoms with E-state index in [0.29, 0.717) is 11.2 Å². The van der Waals surface area contributed by atoms with Gasteiger partial charge in [-0.2, -0.15) is 14.6 Å². The fourth-order valence-corrected chi connectivity index (χ4v) is 3.00. The standard InChI is InChI=1S/C17H15N5O/c1-10-4-5-14(11(2)6-10)21-12(3)7-15-13(16(21)23)8-18-17-19-9-20-22(15)17/h4-9H,1-3H3. The average Bonchev–Trinajstić information content (AvgIpc) is 2.98. The zero-order valence-electron chi connectivity index (χ0n) is 13.1. The van der Waals surface area contributed by atoms with Gasteiger partial charge in [-0.15, -0.1) is 0 Å². The Morgan fingerprint density at radius 2 is 1.87 bits per heavy atom. The number of fused-ring (bicyclic) bond motifs is 3. The van der Waals surface area contributed by atoms with E-state index in [4.69, 9.17) is 0 Å². The number of hydrogen-bond acceptors (Lipinski definition) is 4. The van der Waals surface area contributed by atoms with Gasteiger partial charge in [0.05, 0.1) is 16.6 Å². The molecule has 3 heterocycles. The van der Waals surface area contributed by atoms with Crippen LogP contribution in [0.1, 0.15) is 16.8 Å². The van der Waals surface area contributed by atoms with Crippen molar-refractivity contribution in [1.29, 1.82) is 0 Å². The topological polar surface area (TPSA) is 65.1 Å². The van der Waals surface area contributed by atoms with E-state index in [0.717, 1.165) is 22.5 Å². The van der Waals surface area contributed by atoms with Crippen LogP contribution < -0.4 is 5.56 Å². The minimum absolute atomic E-state index is 0.100. The molecule has 0 saturated heterocycles. The lowest BCUT2D eigenvalue weighted by Crippen LogP contribution is -2.22. The Kier molecular flexibility index (Phi) is 2.81. The molecule has 4 aromatic rings.